The van der Waals surface area contributed by atoms with Crippen molar-refractivity contribution in [3.63, 3.8) is 0 Å². The van der Waals surface area contributed by atoms with Gasteiger partial charge in [0.25, 0.3) is 0 Å². The molecule has 1 unspecified atom stereocenters. The molecule has 2 aliphatic heterocycles. The van der Waals surface area contributed by atoms with Gasteiger partial charge in [0.15, 0.2) is 0 Å². The zero-order valence-corrected chi connectivity index (χ0v) is 7.79. The molecule has 0 aromatic carbocycles. The zero-order chi connectivity index (χ0) is 9.36. The largest absolute Gasteiger partial charge is 0.384 e. The fourth-order valence-corrected chi connectivity index (χ4v) is 2.17. The summed E-state index contributed by atoms with van der Waals surface area (Å²) < 4.78 is 10.5. The molecule has 2 rings (SSSR count). The molecule has 13 heavy (non-hydrogen) atoms. The first-order valence-electron chi connectivity index (χ1n) is 4.80. The Morgan fingerprint density at radius 1 is 1.23 bits per heavy atom. The summed E-state index contributed by atoms with van der Waals surface area (Å²) in [6.45, 7) is 2.66. The lowest BCUT2D eigenvalue weighted by Gasteiger charge is -2.52. The van der Waals surface area contributed by atoms with Crippen molar-refractivity contribution in [1.82, 2.24) is 0 Å². The van der Waals surface area contributed by atoms with Gasteiger partial charge in [-0.3, -0.25) is 0 Å². The van der Waals surface area contributed by atoms with Gasteiger partial charge in [-0.25, -0.2) is 0 Å². The normalized spacial score (nSPS) is 38.3. The summed E-state index contributed by atoms with van der Waals surface area (Å²) in [6.07, 6.45) is 1.93. The molecule has 2 heterocycles. The second-order valence-corrected chi connectivity index (χ2v) is 4.16. The van der Waals surface area contributed by atoms with Crippen LogP contribution in [-0.2, 0) is 9.47 Å². The van der Waals surface area contributed by atoms with Crippen molar-refractivity contribution in [3.8, 4) is 0 Å². The van der Waals surface area contributed by atoms with Gasteiger partial charge in [-0.1, -0.05) is 0 Å². The SMILES string of the molecule is NCC1(C2(O)COC2)CCCOC1. The first-order valence-corrected chi connectivity index (χ1v) is 4.80. The van der Waals surface area contributed by atoms with Crippen LogP contribution in [0.25, 0.3) is 0 Å². The van der Waals surface area contributed by atoms with E-state index in [4.69, 9.17) is 15.2 Å². The van der Waals surface area contributed by atoms with Crippen molar-refractivity contribution in [2.75, 3.05) is 33.0 Å². The molecule has 2 fully saturated rings. The molecule has 0 bridgehead atoms. The molecular weight excluding hydrogens is 170 g/mol. The first-order chi connectivity index (χ1) is 6.22. The second kappa shape index (κ2) is 3.20. The third kappa shape index (κ3) is 1.29. The first kappa shape index (κ1) is 9.40. The van der Waals surface area contributed by atoms with E-state index in [1.165, 1.54) is 0 Å². The van der Waals surface area contributed by atoms with E-state index in [2.05, 4.69) is 0 Å². The highest BCUT2D eigenvalue weighted by atomic mass is 16.5. The molecule has 0 aromatic rings. The van der Waals surface area contributed by atoms with E-state index in [1.54, 1.807) is 0 Å². The highest BCUT2D eigenvalue weighted by Crippen LogP contribution is 2.42. The Balaban J connectivity index is 2.12. The predicted octanol–water partition coefficient (Wildman–Crippen LogP) is -0.497. The number of nitrogens with two attached hydrogens (primary N) is 1. The fraction of sp³-hybridized carbons (Fsp3) is 1.00. The molecule has 3 N–H and O–H groups in total. The summed E-state index contributed by atoms with van der Waals surface area (Å²) >= 11 is 0. The van der Waals surface area contributed by atoms with Crippen molar-refractivity contribution >= 4 is 0 Å². The highest BCUT2D eigenvalue weighted by Gasteiger charge is 2.55. The highest BCUT2D eigenvalue weighted by molar-refractivity contribution is 5.04. The van der Waals surface area contributed by atoms with Crippen molar-refractivity contribution in [2.45, 2.75) is 18.4 Å². The topological polar surface area (TPSA) is 64.7 Å². The van der Waals surface area contributed by atoms with Gasteiger partial charge < -0.3 is 20.3 Å². The van der Waals surface area contributed by atoms with Gasteiger partial charge in [0, 0.05) is 18.6 Å². The number of rotatable bonds is 2. The van der Waals surface area contributed by atoms with Gasteiger partial charge in [0.1, 0.15) is 5.60 Å². The van der Waals surface area contributed by atoms with E-state index < -0.39 is 5.60 Å². The molecule has 0 aromatic heterocycles. The zero-order valence-electron chi connectivity index (χ0n) is 7.79. The van der Waals surface area contributed by atoms with Gasteiger partial charge >= 0.3 is 0 Å². The van der Waals surface area contributed by atoms with Crippen molar-refractivity contribution < 1.29 is 14.6 Å². The molecule has 0 aliphatic carbocycles. The van der Waals surface area contributed by atoms with Gasteiger partial charge in [-0.15, -0.1) is 0 Å². The summed E-state index contributed by atoms with van der Waals surface area (Å²) in [7, 11) is 0. The Kier molecular flexibility index (Phi) is 2.32. The average Bonchev–Trinajstić information content (AvgIpc) is 2.15. The molecule has 0 saturated carbocycles. The van der Waals surface area contributed by atoms with Crippen molar-refractivity contribution in [2.24, 2.45) is 11.1 Å². The third-order valence-electron chi connectivity index (χ3n) is 3.38. The maximum atomic E-state index is 10.2. The molecule has 1 atom stereocenters. The average molecular weight is 187 g/mol. The second-order valence-electron chi connectivity index (χ2n) is 4.16. The van der Waals surface area contributed by atoms with Crippen LogP contribution in [0.3, 0.4) is 0 Å². The van der Waals surface area contributed by atoms with E-state index >= 15 is 0 Å². The van der Waals surface area contributed by atoms with E-state index in [1.807, 2.05) is 0 Å². The number of aliphatic hydroxyl groups is 1. The van der Waals surface area contributed by atoms with Crippen LogP contribution in [0.1, 0.15) is 12.8 Å². The summed E-state index contributed by atoms with van der Waals surface area (Å²) in [5.41, 5.74) is 4.74. The van der Waals surface area contributed by atoms with Gasteiger partial charge in [-0.05, 0) is 12.8 Å². The molecule has 4 heteroatoms. The summed E-state index contributed by atoms with van der Waals surface area (Å²) in [5, 5.41) is 10.2. The third-order valence-corrected chi connectivity index (χ3v) is 3.38. The number of hydrogen-bond acceptors (Lipinski definition) is 4. The molecule has 76 valence electrons. The van der Waals surface area contributed by atoms with Gasteiger partial charge in [-0.2, -0.15) is 0 Å². The van der Waals surface area contributed by atoms with E-state index in [0.717, 1.165) is 19.4 Å². The maximum absolute atomic E-state index is 10.2. The van der Waals surface area contributed by atoms with Crippen LogP contribution in [0.2, 0.25) is 0 Å². The number of hydrogen-bond donors (Lipinski definition) is 2. The van der Waals surface area contributed by atoms with E-state index in [-0.39, 0.29) is 5.41 Å². The van der Waals surface area contributed by atoms with Gasteiger partial charge in [0.05, 0.1) is 19.8 Å². The van der Waals surface area contributed by atoms with Crippen LogP contribution in [0.5, 0.6) is 0 Å². The molecular formula is C9H17NO3. The Morgan fingerprint density at radius 3 is 2.38 bits per heavy atom. The minimum atomic E-state index is -0.734. The Hall–Kier alpha value is -0.160. The predicted molar refractivity (Wildman–Crippen MR) is 47.3 cm³/mol. The molecule has 2 saturated heterocycles. The summed E-state index contributed by atoms with van der Waals surface area (Å²) in [4.78, 5) is 0. The van der Waals surface area contributed by atoms with Crippen molar-refractivity contribution in [3.05, 3.63) is 0 Å². The molecule has 0 amide bonds. The Bertz CT molecular complexity index is 185. The molecule has 0 radical (unpaired) electrons. The molecule has 0 spiro atoms. The lowest BCUT2D eigenvalue weighted by atomic mass is 9.67. The Morgan fingerprint density at radius 2 is 2.00 bits per heavy atom. The lowest BCUT2D eigenvalue weighted by Crippen LogP contribution is -2.66. The minimum absolute atomic E-state index is 0.260. The lowest BCUT2D eigenvalue weighted by molar-refractivity contribution is -0.260. The maximum Gasteiger partial charge on any atom is 0.120 e. The van der Waals surface area contributed by atoms with Crippen LogP contribution in [0.4, 0.5) is 0 Å². The van der Waals surface area contributed by atoms with Gasteiger partial charge in [0.2, 0.25) is 0 Å². The van der Waals surface area contributed by atoms with Crippen LogP contribution in [0.15, 0.2) is 0 Å². The molecule has 4 nitrogen and oxygen atoms in total. The smallest absolute Gasteiger partial charge is 0.120 e. The van der Waals surface area contributed by atoms with Crippen molar-refractivity contribution in [1.29, 1.82) is 0 Å². The Labute approximate surface area is 78.0 Å². The van der Waals surface area contributed by atoms with Crippen LogP contribution in [-0.4, -0.2) is 43.7 Å². The van der Waals surface area contributed by atoms with Crippen LogP contribution in [0, 0.1) is 5.41 Å². The number of ether oxygens (including phenoxy) is 2. The monoisotopic (exact) mass is 187 g/mol. The van der Waals surface area contributed by atoms with Crippen LogP contribution < -0.4 is 5.73 Å². The van der Waals surface area contributed by atoms with Crippen LogP contribution >= 0.6 is 0 Å². The standard InChI is InChI=1S/C9H17NO3/c10-4-8(2-1-3-12-5-8)9(11)6-13-7-9/h11H,1-7,10H2. The summed E-state index contributed by atoms with van der Waals surface area (Å²) in [5.74, 6) is 0. The van der Waals surface area contributed by atoms with E-state index in [0.29, 0.717) is 26.4 Å². The minimum Gasteiger partial charge on any atom is -0.384 e. The summed E-state index contributed by atoms with van der Waals surface area (Å²) in [6, 6.07) is 0. The van der Waals surface area contributed by atoms with E-state index in [9.17, 15) is 5.11 Å². The fourth-order valence-electron chi connectivity index (χ4n) is 2.17. The quantitative estimate of drug-likeness (QED) is 0.612. The molecule has 2 aliphatic rings.